The molecule has 0 aromatic carbocycles. The highest BCUT2D eigenvalue weighted by Gasteiger charge is 2.37. The van der Waals surface area contributed by atoms with Crippen molar-refractivity contribution >= 4 is 5.91 Å². The third kappa shape index (κ3) is 4.20. The molecule has 0 aliphatic heterocycles. The normalized spacial score (nSPS) is 16.4. The molecule has 0 saturated heterocycles. The van der Waals surface area contributed by atoms with Gasteiger partial charge in [0.2, 0.25) is 5.91 Å². The Kier molecular flexibility index (Phi) is 4.87. The van der Waals surface area contributed by atoms with Crippen LogP contribution >= 0.6 is 0 Å². The molecule has 1 amide bonds. The van der Waals surface area contributed by atoms with Gasteiger partial charge in [-0.2, -0.15) is 18.3 Å². The summed E-state index contributed by atoms with van der Waals surface area (Å²) in [4.78, 5) is 11.8. The molecule has 1 aromatic heterocycles. The Balaban J connectivity index is 2.03. The summed E-state index contributed by atoms with van der Waals surface area (Å²) in [6.45, 7) is -0.645. The topological polar surface area (TPSA) is 67.2 Å². The first-order valence-electron chi connectivity index (χ1n) is 6.94. The second-order valence-electron chi connectivity index (χ2n) is 5.22. The summed E-state index contributed by atoms with van der Waals surface area (Å²) in [7, 11) is 0. The number of alkyl halides is 3. The number of hydrogen-bond donors (Lipinski definition) is 2. The van der Waals surface area contributed by atoms with E-state index < -0.39 is 18.5 Å². The highest BCUT2D eigenvalue weighted by molar-refractivity contribution is 5.76. The van der Waals surface area contributed by atoms with Gasteiger partial charge in [0.25, 0.3) is 0 Å². The number of carbonyl (C=O) groups is 1. The molecule has 1 aromatic rings. The van der Waals surface area contributed by atoms with E-state index in [4.69, 9.17) is 5.11 Å². The van der Waals surface area contributed by atoms with Gasteiger partial charge in [0.1, 0.15) is 6.54 Å². The summed E-state index contributed by atoms with van der Waals surface area (Å²) in [6.07, 6.45) is 0.393. The van der Waals surface area contributed by atoms with E-state index in [-0.39, 0.29) is 30.5 Å². The molecule has 1 aliphatic rings. The van der Waals surface area contributed by atoms with E-state index in [1.807, 2.05) is 0 Å². The van der Waals surface area contributed by atoms with Crippen LogP contribution < -0.4 is 5.32 Å². The number of aliphatic hydroxyl groups is 1. The summed E-state index contributed by atoms with van der Waals surface area (Å²) < 4.78 is 39.4. The Bertz CT molecular complexity index is 493. The molecule has 8 heteroatoms. The predicted octanol–water partition coefficient (Wildman–Crippen LogP) is 1.50. The fraction of sp³-hybridized carbons (Fsp3) is 0.692. The average molecular weight is 305 g/mol. The Morgan fingerprint density at radius 2 is 2.10 bits per heavy atom. The van der Waals surface area contributed by atoms with Crippen LogP contribution in [0.25, 0.3) is 0 Å². The van der Waals surface area contributed by atoms with E-state index in [0.717, 1.165) is 30.4 Å². The first-order valence-corrected chi connectivity index (χ1v) is 6.94. The number of carbonyl (C=O) groups excluding carboxylic acids is 1. The van der Waals surface area contributed by atoms with E-state index in [9.17, 15) is 18.0 Å². The van der Waals surface area contributed by atoms with Crippen LogP contribution in [0.5, 0.6) is 0 Å². The Morgan fingerprint density at radius 3 is 2.67 bits per heavy atom. The number of hydrogen-bond acceptors (Lipinski definition) is 3. The van der Waals surface area contributed by atoms with E-state index >= 15 is 0 Å². The van der Waals surface area contributed by atoms with Crippen LogP contribution in [0, 0.1) is 0 Å². The molecule has 2 rings (SSSR count). The standard InChI is InChI=1S/C13H18F3N3O2/c14-13(15,16)12-9(5-6-20)7-19(18-12)8-11(21)17-10-3-1-2-4-10/h7,10,20H,1-6,8H2,(H,17,21). The van der Waals surface area contributed by atoms with Gasteiger partial charge >= 0.3 is 6.18 Å². The van der Waals surface area contributed by atoms with Gasteiger partial charge < -0.3 is 10.4 Å². The number of nitrogens with zero attached hydrogens (tertiary/aromatic N) is 2. The maximum absolute atomic E-state index is 12.8. The third-order valence-electron chi connectivity index (χ3n) is 3.51. The Morgan fingerprint density at radius 1 is 1.43 bits per heavy atom. The molecule has 1 fully saturated rings. The molecule has 118 valence electrons. The summed E-state index contributed by atoms with van der Waals surface area (Å²) in [6, 6.07) is 0.118. The van der Waals surface area contributed by atoms with E-state index in [1.54, 1.807) is 0 Å². The lowest BCUT2D eigenvalue weighted by atomic mass is 10.2. The highest BCUT2D eigenvalue weighted by atomic mass is 19.4. The number of nitrogens with one attached hydrogen (secondary N) is 1. The number of aromatic nitrogens is 2. The quantitative estimate of drug-likeness (QED) is 0.866. The SMILES string of the molecule is O=C(Cn1cc(CCO)c(C(F)(F)F)n1)NC1CCCC1. The third-order valence-corrected chi connectivity index (χ3v) is 3.51. The Labute approximate surface area is 120 Å². The molecule has 1 heterocycles. The van der Waals surface area contributed by atoms with Gasteiger partial charge in [-0.25, -0.2) is 0 Å². The van der Waals surface area contributed by atoms with Crippen LogP contribution in [0.3, 0.4) is 0 Å². The molecule has 1 saturated carbocycles. The Hall–Kier alpha value is -1.57. The largest absolute Gasteiger partial charge is 0.435 e. The number of amides is 1. The van der Waals surface area contributed by atoms with E-state index in [1.165, 1.54) is 6.20 Å². The van der Waals surface area contributed by atoms with Crippen LogP contribution in [-0.2, 0) is 23.9 Å². The molecule has 0 unspecified atom stereocenters. The van der Waals surface area contributed by atoms with E-state index in [0.29, 0.717) is 0 Å². The highest BCUT2D eigenvalue weighted by Crippen LogP contribution is 2.30. The fourth-order valence-corrected chi connectivity index (χ4v) is 2.58. The zero-order valence-electron chi connectivity index (χ0n) is 11.5. The van der Waals surface area contributed by atoms with Crippen LogP contribution in [0.2, 0.25) is 0 Å². The maximum atomic E-state index is 12.8. The van der Waals surface area contributed by atoms with Crippen LogP contribution in [0.4, 0.5) is 13.2 Å². The molecule has 0 radical (unpaired) electrons. The van der Waals surface area contributed by atoms with Crippen LogP contribution in [-0.4, -0.2) is 33.4 Å². The van der Waals surface area contributed by atoms with Crippen molar-refractivity contribution in [3.05, 3.63) is 17.5 Å². The molecule has 0 spiro atoms. The minimum atomic E-state index is -4.59. The van der Waals surface area contributed by atoms with Crippen molar-refractivity contribution in [3.8, 4) is 0 Å². The summed E-state index contributed by atoms with van der Waals surface area (Å²) in [5.41, 5.74) is -1.14. The zero-order chi connectivity index (χ0) is 15.5. The van der Waals surface area contributed by atoms with Gasteiger partial charge in [-0.1, -0.05) is 12.8 Å². The van der Waals surface area contributed by atoms with Gasteiger partial charge in [0.05, 0.1) is 0 Å². The van der Waals surface area contributed by atoms with Crippen molar-refractivity contribution in [2.75, 3.05) is 6.61 Å². The van der Waals surface area contributed by atoms with Crippen LogP contribution in [0.1, 0.15) is 36.9 Å². The van der Waals surface area contributed by atoms with Gasteiger partial charge in [-0.05, 0) is 19.3 Å². The minimum absolute atomic E-state index is 0.0985. The van der Waals surface area contributed by atoms with Crippen molar-refractivity contribution in [3.63, 3.8) is 0 Å². The lowest BCUT2D eigenvalue weighted by Gasteiger charge is -2.11. The number of aliphatic hydroxyl groups excluding tert-OH is 1. The van der Waals surface area contributed by atoms with Gasteiger partial charge in [-0.15, -0.1) is 0 Å². The lowest BCUT2D eigenvalue weighted by molar-refractivity contribution is -0.142. The first kappa shape index (κ1) is 15.8. The monoisotopic (exact) mass is 305 g/mol. The maximum Gasteiger partial charge on any atom is 0.435 e. The lowest BCUT2D eigenvalue weighted by Crippen LogP contribution is -2.35. The van der Waals surface area contributed by atoms with Crippen molar-refractivity contribution in [1.29, 1.82) is 0 Å². The van der Waals surface area contributed by atoms with Crippen molar-refractivity contribution in [2.45, 2.75) is 50.9 Å². The molecule has 0 atom stereocenters. The molecule has 0 bridgehead atoms. The number of halogens is 3. The molecule has 21 heavy (non-hydrogen) atoms. The van der Waals surface area contributed by atoms with Crippen LogP contribution in [0.15, 0.2) is 6.20 Å². The van der Waals surface area contributed by atoms with Crippen molar-refractivity contribution < 1.29 is 23.1 Å². The zero-order valence-corrected chi connectivity index (χ0v) is 11.5. The van der Waals surface area contributed by atoms with Gasteiger partial charge in [-0.3, -0.25) is 9.48 Å². The first-order chi connectivity index (χ1) is 9.90. The van der Waals surface area contributed by atoms with Crippen molar-refractivity contribution in [2.24, 2.45) is 0 Å². The molecule has 2 N–H and O–H groups in total. The minimum Gasteiger partial charge on any atom is -0.396 e. The second-order valence-corrected chi connectivity index (χ2v) is 5.22. The summed E-state index contributed by atoms with van der Waals surface area (Å²) in [5, 5.41) is 15.0. The smallest absolute Gasteiger partial charge is 0.396 e. The molecular formula is C13H18F3N3O2. The average Bonchev–Trinajstić information content (AvgIpc) is 2.98. The second kappa shape index (κ2) is 6.46. The van der Waals surface area contributed by atoms with Gasteiger partial charge in [0, 0.05) is 24.4 Å². The number of rotatable bonds is 5. The predicted molar refractivity (Wildman–Crippen MR) is 68.4 cm³/mol. The van der Waals surface area contributed by atoms with E-state index in [2.05, 4.69) is 10.4 Å². The molecule has 1 aliphatic carbocycles. The molecule has 5 nitrogen and oxygen atoms in total. The van der Waals surface area contributed by atoms with Gasteiger partial charge in [0.15, 0.2) is 5.69 Å². The molecular weight excluding hydrogens is 287 g/mol. The fourth-order valence-electron chi connectivity index (χ4n) is 2.58. The summed E-state index contributed by atoms with van der Waals surface area (Å²) in [5.74, 6) is -0.339. The summed E-state index contributed by atoms with van der Waals surface area (Å²) >= 11 is 0. The van der Waals surface area contributed by atoms with Crippen molar-refractivity contribution in [1.82, 2.24) is 15.1 Å².